The Kier molecular flexibility index (Phi) is 4.83. The molecule has 0 spiro atoms. The number of nitrogens with zero attached hydrogens (tertiary/aromatic N) is 2. The summed E-state index contributed by atoms with van der Waals surface area (Å²) in [6.07, 6.45) is 3.50. The molecule has 98 valence electrons. The number of likely N-dealkylation sites (N-methyl/N-ethyl adjacent to an activating group) is 1. The second-order valence-corrected chi connectivity index (χ2v) is 5.23. The van der Waals surface area contributed by atoms with Gasteiger partial charge in [-0.2, -0.15) is 0 Å². The molecule has 5 nitrogen and oxygen atoms in total. The normalized spacial score (nSPS) is 19.7. The molecule has 1 aliphatic heterocycles. The number of carbonyl (C=O) groups is 1. The van der Waals surface area contributed by atoms with E-state index >= 15 is 0 Å². The number of hydrogen-bond donors (Lipinski definition) is 2. The molecule has 0 aromatic carbocycles. The maximum atomic E-state index is 11.9. The highest BCUT2D eigenvalue weighted by atomic mass is 32.2. The molecule has 18 heavy (non-hydrogen) atoms. The fourth-order valence-corrected chi connectivity index (χ4v) is 2.98. The lowest BCUT2D eigenvalue weighted by atomic mass is 10.3. The van der Waals surface area contributed by atoms with Crippen molar-refractivity contribution in [3.8, 4) is 0 Å². The van der Waals surface area contributed by atoms with Crippen molar-refractivity contribution in [2.75, 3.05) is 37.1 Å². The molecule has 0 saturated carbocycles. The third kappa shape index (κ3) is 3.61. The van der Waals surface area contributed by atoms with Crippen molar-refractivity contribution < 1.29 is 4.79 Å². The van der Waals surface area contributed by atoms with Crippen LogP contribution in [0.5, 0.6) is 0 Å². The van der Waals surface area contributed by atoms with Crippen LogP contribution in [-0.4, -0.2) is 53.6 Å². The minimum Gasteiger partial charge on any atom is -0.382 e. The van der Waals surface area contributed by atoms with E-state index in [0.29, 0.717) is 13.1 Å². The first-order valence-electron chi connectivity index (χ1n) is 5.97. The molecule has 0 bridgehead atoms. The fourth-order valence-electron chi connectivity index (χ4n) is 1.78. The van der Waals surface area contributed by atoms with Crippen LogP contribution in [0.25, 0.3) is 0 Å². The van der Waals surface area contributed by atoms with E-state index in [1.807, 2.05) is 19.2 Å². The van der Waals surface area contributed by atoms with Crippen LogP contribution in [0.15, 0.2) is 24.5 Å². The zero-order valence-electron chi connectivity index (χ0n) is 10.4. The average molecular weight is 266 g/mol. The van der Waals surface area contributed by atoms with Crippen LogP contribution < -0.4 is 10.6 Å². The smallest absolute Gasteiger partial charge is 0.238 e. The molecule has 6 heteroatoms. The highest BCUT2D eigenvalue weighted by Gasteiger charge is 2.27. The molecular weight excluding hydrogens is 248 g/mol. The van der Waals surface area contributed by atoms with Gasteiger partial charge in [0.25, 0.3) is 0 Å². The first-order valence-corrected chi connectivity index (χ1v) is 7.12. The Morgan fingerprint density at radius 2 is 2.50 bits per heavy atom. The van der Waals surface area contributed by atoms with Gasteiger partial charge in [0.15, 0.2) is 0 Å². The zero-order valence-corrected chi connectivity index (χ0v) is 11.2. The van der Waals surface area contributed by atoms with Gasteiger partial charge in [-0.25, -0.2) is 0 Å². The summed E-state index contributed by atoms with van der Waals surface area (Å²) in [4.78, 5) is 18.0. The van der Waals surface area contributed by atoms with Crippen molar-refractivity contribution >= 4 is 23.4 Å². The summed E-state index contributed by atoms with van der Waals surface area (Å²) in [7, 11) is 1.98. The predicted molar refractivity (Wildman–Crippen MR) is 74.6 cm³/mol. The van der Waals surface area contributed by atoms with Crippen LogP contribution in [0.1, 0.15) is 0 Å². The van der Waals surface area contributed by atoms with Crippen molar-refractivity contribution in [1.82, 2.24) is 15.2 Å². The van der Waals surface area contributed by atoms with Gasteiger partial charge in [-0.1, -0.05) is 0 Å². The van der Waals surface area contributed by atoms with Gasteiger partial charge in [0.1, 0.15) is 0 Å². The number of thioether (sulfide) groups is 1. The number of rotatable bonds is 5. The quantitative estimate of drug-likeness (QED) is 0.765. The Bertz CT molecular complexity index is 387. The topological polar surface area (TPSA) is 57.3 Å². The Morgan fingerprint density at radius 1 is 1.61 bits per heavy atom. The molecule has 1 saturated heterocycles. The molecule has 1 aliphatic rings. The maximum absolute atomic E-state index is 11.9. The molecule has 2 heterocycles. The molecular formula is C12H18N4OS. The minimum atomic E-state index is 0.0217. The number of aromatic nitrogens is 1. The van der Waals surface area contributed by atoms with Crippen LogP contribution in [-0.2, 0) is 4.79 Å². The third-order valence-electron chi connectivity index (χ3n) is 2.82. The molecule has 2 N–H and O–H groups in total. The summed E-state index contributed by atoms with van der Waals surface area (Å²) >= 11 is 1.80. The van der Waals surface area contributed by atoms with Crippen LogP contribution >= 0.6 is 11.8 Å². The van der Waals surface area contributed by atoms with E-state index in [2.05, 4.69) is 20.5 Å². The van der Waals surface area contributed by atoms with E-state index in [1.54, 1.807) is 24.2 Å². The van der Waals surface area contributed by atoms with Crippen LogP contribution in [0.3, 0.4) is 0 Å². The van der Waals surface area contributed by atoms with E-state index in [4.69, 9.17) is 0 Å². The SMILES string of the molecule is CN1CSC[C@H]1C(=O)NCCNc1cccnc1. The van der Waals surface area contributed by atoms with Crippen LogP contribution in [0.2, 0.25) is 0 Å². The van der Waals surface area contributed by atoms with Gasteiger partial charge in [0, 0.05) is 37.1 Å². The van der Waals surface area contributed by atoms with Crippen molar-refractivity contribution in [3.63, 3.8) is 0 Å². The van der Waals surface area contributed by atoms with Gasteiger partial charge in [-0.05, 0) is 19.2 Å². The lowest BCUT2D eigenvalue weighted by molar-refractivity contribution is -0.124. The molecule has 0 aliphatic carbocycles. The van der Waals surface area contributed by atoms with Crippen LogP contribution in [0.4, 0.5) is 5.69 Å². The number of carbonyl (C=O) groups excluding carboxylic acids is 1. The highest BCUT2D eigenvalue weighted by molar-refractivity contribution is 7.99. The summed E-state index contributed by atoms with van der Waals surface area (Å²) in [5.74, 6) is 1.94. The predicted octanol–water partition coefficient (Wildman–Crippen LogP) is 0.614. The van der Waals surface area contributed by atoms with Crippen molar-refractivity contribution in [2.24, 2.45) is 0 Å². The largest absolute Gasteiger partial charge is 0.382 e. The minimum absolute atomic E-state index is 0.0217. The van der Waals surface area contributed by atoms with Gasteiger partial charge in [0.2, 0.25) is 5.91 Å². The molecule has 1 amide bonds. The van der Waals surface area contributed by atoms with Gasteiger partial charge in [0.05, 0.1) is 11.7 Å². The molecule has 0 unspecified atom stereocenters. The summed E-state index contributed by atoms with van der Waals surface area (Å²) in [5.41, 5.74) is 0.972. The molecule has 1 aromatic rings. The van der Waals surface area contributed by atoms with Gasteiger partial charge >= 0.3 is 0 Å². The van der Waals surface area contributed by atoms with E-state index in [-0.39, 0.29) is 11.9 Å². The second-order valence-electron chi connectivity index (χ2n) is 4.23. The third-order valence-corrected chi connectivity index (χ3v) is 3.96. The van der Waals surface area contributed by atoms with Gasteiger partial charge in [-0.3, -0.25) is 14.7 Å². The molecule has 2 rings (SSSR count). The maximum Gasteiger partial charge on any atom is 0.238 e. The fraction of sp³-hybridized carbons (Fsp3) is 0.500. The standard InChI is InChI=1S/C12H18N4OS/c1-16-9-18-8-11(16)12(17)15-6-5-14-10-3-2-4-13-7-10/h2-4,7,11,14H,5-6,8-9H2,1H3,(H,15,17)/t11-/m0/s1. The first kappa shape index (κ1) is 13.2. The number of nitrogens with one attached hydrogen (secondary N) is 2. The Morgan fingerprint density at radius 3 is 3.17 bits per heavy atom. The Labute approximate surface area is 111 Å². The summed E-state index contributed by atoms with van der Waals surface area (Å²) < 4.78 is 0. The zero-order chi connectivity index (χ0) is 12.8. The van der Waals surface area contributed by atoms with E-state index < -0.39 is 0 Å². The molecule has 1 atom stereocenters. The highest BCUT2D eigenvalue weighted by Crippen LogP contribution is 2.18. The van der Waals surface area contributed by atoms with Crippen LogP contribution in [0, 0.1) is 0 Å². The van der Waals surface area contributed by atoms with Gasteiger partial charge in [-0.15, -0.1) is 11.8 Å². The monoisotopic (exact) mass is 266 g/mol. The van der Waals surface area contributed by atoms with E-state index in [9.17, 15) is 4.79 Å². The molecule has 1 aromatic heterocycles. The van der Waals surface area contributed by atoms with Crippen molar-refractivity contribution in [3.05, 3.63) is 24.5 Å². The molecule has 1 fully saturated rings. The lowest BCUT2D eigenvalue weighted by Gasteiger charge is -2.17. The molecule has 0 radical (unpaired) electrons. The van der Waals surface area contributed by atoms with Gasteiger partial charge < -0.3 is 10.6 Å². The average Bonchev–Trinajstić information content (AvgIpc) is 2.82. The number of amides is 1. The van der Waals surface area contributed by atoms with E-state index in [0.717, 1.165) is 17.3 Å². The van der Waals surface area contributed by atoms with Crippen molar-refractivity contribution in [2.45, 2.75) is 6.04 Å². The number of anilines is 1. The second kappa shape index (κ2) is 6.61. The summed E-state index contributed by atoms with van der Waals surface area (Å²) in [5, 5.41) is 6.15. The lowest BCUT2D eigenvalue weighted by Crippen LogP contribution is -2.44. The Hall–Kier alpha value is -1.27. The first-order chi connectivity index (χ1) is 8.77. The number of pyridine rings is 1. The Balaban J connectivity index is 1.65. The summed E-state index contributed by atoms with van der Waals surface area (Å²) in [6, 6.07) is 3.86. The summed E-state index contributed by atoms with van der Waals surface area (Å²) in [6.45, 7) is 1.34. The van der Waals surface area contributed by atoms with Crippen molar-refractivity contribution in [1.29, 1.82) is 0 Å². The number of hydrogen-bond acceptors (Lipinski definition) is 5. The van der Waals surface area contributed by atoms with E-state index in [1.165, 1.54) is 0 Å².